The van der Waals surface area contributed by atoms with Gasteiger partial charge in [-0.05, 0) is 12.1 Å². The smallest absolute Gasteiger partial charge is 0.254 e. The summed E-state index contributed by atoms with van der Waals surface area (Å²) in [5.74, 6) is -0.311. The summed E-state index contributed by atoms with van der Waals surface area (Å²) in [6.45, 7) is -0.101. The molecule has 0 aliphatic rings. The van der Waals surface area contributed by atoms with Gasteiger partial charge in [0.1, 0.15) is 6.54 Å². The highest BCUT2D eigenvalue weighted by molar-refractivity contribution is 5.90. The Kier molecular flexibility index (Phi) is 4.24. The summed E-state index contributed by atoms with van der Waals surface area (Å²) in [7, 11) is 0. The van der Waals surface area contributed by atoms with Crippen LogP contribution in [0.25, 0.3) is 11.3 Å². The summed E-state index contributed by atoms with van der Waals surface area (Å²) in [6.07, 6.45) is 4.54. The van der Waals surface area contributed by atoms with Crippen LogP contribution in [0, 0.1) is 0 Å². The molecule has 0 fully saturated rings. The topological polar surface area (TPSA) is 76.9 Å². The Morgan fingerprint density at radius 3 is 2.65 bits per heavy atom. The van der Waals surface area contributed by atoms with Gasteiger partial charge in [0.25, 0.3) is 5.56 Å². The molecule has 0 saturated carbocycles. The number of anilines is 1. The van der Waals surface area contributed by atoms with E-state index in [4.69, 9.17) is 0 Å². The Bertz CT molecular complexity index is 861. The lowest BCUT2D eigenvalue weighted by Crippen LogP contribution is -2.27. The third-order valence-corrected chi connectivity index (χ3v) is 3.21. The van der Waals surface area contributed by atoms with Crippen molar-refractivity contribution < 1.29 is 4.79 Å². The van der Waals surface area contributed by atoms with Crippen molar-refractivity contribution >= 4 is 11.6 Å². The first kappa shape index (κ1) is 14.6. The van der Waals surface area contributed by atoms with Crippen LogP contribution in [0.3, 0.4) is 0 Å². The van der Waals surface area contributed by atoms with Crippen LogP contribution in [0.1, 0.15) is 0 Å². The molecular weight excluding hydrogens is 292 g/mol. The van der Waals surface area contributed by atoms with Gasteiger partial charge < -0.3 is 5.32 Å². The fourth-order valence-electron chi connectivity index (χ4n) is 2.10. The summed E-state index contributed by atoms with van der Waals surface area (Å²) < 4.78 is 1.26. The van der Waals surface area contributed by atoms with E-state index in [2.05, 4.69) is 15.3 Å². The summed E-state index contributed by atoms with van der Waals surface area (Å²) >= 11 is 0. The summed E-state index contributed by atoms with van der Waals surface area (Å²) in [5, 5.41) is 2.67. The van der Waals surface area contributed by atoms with Crippen molar-refractivity contribution in [2.45, 2.75) is 6.54 Å². The van der Waals surface area contributed by atoms with Crippen LogP contribution in [0.5, 0.6) is 0 Å². The van der Waals surface area contributed by atoms with Crippen LogP contribution in [0.2, 0.25) is 0 Å². The molecule has 2 heterocycles. The second-order valence-electron chi connectivity index (χ2n) is 4.90. The number of benzene rings is 1. The average Bonchev–Trinajstić information content (AvgIpc) is 2.58. The number of pyridine rings is 1. The standard InChI is InChI=1S/C17H14N4O2/c22-16(20-14-7-4-8-18-10-14)11-21-12-19-15(9-17(21)23)13-5-2-1-3-6-13/h1-10,12H,11H2,(H,20,22). The minimum absolute atomic E-state index is 0.101. The highest BCUT2D eigenvalue weighted by Gasteiger charge is 2.07. The highest BCUT2D eigenvalue weighted by Crippen LogP contribution is 2.13. The molecule has 1 aromatic carbocycles. The van der Waals surface area contributed by atoms with Crippen LogP contribution in [0.15, 0.2) is 72.0 Å². The van der Waals surface area contributed by atoms with E-state index < -0.39 is 0 Å². The molecule has 3 rings (SSSR count). The zero-order valence-electron chi connectivity index (χ0n) is 12.2. The van der Waals surface area contributed by atoms with Gasteiger partial charge in [0.2, 0.25) is 5.91 Å². The third kappa shape index (κ3) is 3.68. The van der Waals surface area contributed by atoms with E-state index in [0.29, 0.717) is 11.4 Å². The molecule has 0 saturated heterocycles. The lowest BCUT2D eigenvalue weighted by Gasteiger charge is -2.07. The number of carbonyl (C=O) groups excluding carboxylic acids is 1. The predicted octanol–water partition coefficient (Wildman–Crippen LogP) is 1.94. The first-order valence-corrected chi connectivity index (χ1v) is 7.04. The van der Waals surface area contributed by atoms with Crippen molar-refractivity contribution in [2.75, 3.05) is 5.32 Å². The van der Waals surface area contributed by atoms with Crippen molar-refractivity contribution in [1.82, 2.24) is 14.5 Å². The van der Waals surface area contributed by atoms with Crippen molar-refractivity contribution in [3.05, 3.63) is 77.6 Å². The lowest BCUT2D eigenvalue weighted by molar-refractivity contribution is -0.116. The minimum atomic E-state index is -0.311. The van der Waals surface area contributed by atoms with Gasteiger partial charge in [-0.2, -0.15) is 0 Å². The zero-order chi connectivity index (χ0) is 16.1. The number of aromatic nitrogens is 3. The number of carbonyl (C=O) groups is 1. The molecular formula is C17H14N4O2. The number of amides is 1. The van der Waals surface area contributed by atoms with Gasteiger partial charge in [0.15, 0.2) is 0 Å². The number of rotatable bonds is 4. The molecule has 0 aliphatic heterocycles. The minimum Gasteiger partial charge on any atom is -0.323 e. The predicted molar refractivity (Wildman–Crippen MR) is 86.8 cm³/mol. The van der Waals surface area contributed by atoms with E-state index in [9.17, 15) is 9.59 Å². The van der Waals surface area contributed by atoms with E-state index in [1.54, 1.807) is 18.3 Å². The first-order valence-electron chi connectivity index (χ1n) is 7.04. The molecule has 0 bridgehead atoms. The molecule has 3 aromatic rings. The maximum absolute atomic E-state index is 12.1. The largest absolute Gasteiger partial charge is 0.323 e. The van der Waals surface area contributed by atoms with E-state index >= 15 is 0 Å². The van der Waals surface area contributed by atoms with Crippen molar-refractivity contribution in [2.24, 2.45) is 0 Å². The zero-order valence-corrected chi connectivity index (χ0v) is 12.2. The first-order chi connectivity index (χ1) is 11.2. The van der Waals surface area contributed by atoms with Crippen LogP contribution in [-0.4, -0.2) is 20.4 Å². The molecule has 0 atom stereocenters. The van der Waals surface area contributed by atoms with Crippen LogP contribution in [0.4, 0.5) is 5.69 Å². The molecule has 1 N–H and O–H groups in total. The molecule has 114 valence electrons. The second kappa shape index (κ2) is 6.65. The maximum atomic E-state index is 12.1. The van der Waals surface area contributed by atoms with Gasteiger partial charge in [0.05, 0.1) is 23.9 Å². The van der Waals surface area contributed by atoms with Crippen molar-refractivity contribution in [3.8, 4) is 11.3 Å². The molecule has 1 amide bonds. The Labute approximate surface area is 132 Å². The van der Waals surface area contributed by atoms with Crippen LogP contribution >= 0.6 is 0 Å². The molecule has 6 nitrogen and oxygen atoms in total. The normalized spacial score (nSPS) is 10.3. The Balaban J connectivity index is 1.74. The molecule has 23 heavy (non-hydrogen) atoms. The van der Waals surface area contributed by atoms with E-state index in [0.717, 1.165) is 5.56 Å². The molecule has 6 heteroatoms. The molecule has 2 aromatic heterocycles. The SMILES string of the molecule is O=C(Cn1cnc(-c2ccccc2)cc1=O)Nc1cccnc1. The van der Waals surface area contributed by atoms with Crippen LogP contribution in [-0.2, 0) is 11.3 Å². The third-order valence-electron chi connectivity index (χ3n) is 3.21. The molecule has 0 aliphatic carbocycles. The number of nitrogens with zero attached hydrogens (tertiary/aromatic N) is 3. The second-order valence-corrected chi connectivity index (χ2v) is 4.90. The molecule has 0 spiro atoms. The van der Waals surface area contributed by atoms with E-state index in [-0.39, 0.29) is 18.0 Å². The number of hydrogen-bond donors (Lipinski definition) is 1. The van der Waals surface area contributed by atoms with Crippen molar-refractivity contribution in [3.63, 3.8) is 0 Å². The van der Waals surface area contributed by atoms with E-state index in [1.807, 2.05) is 30.3 Å². The average molecular weight is 306 g/mol. The Morgan fingerprint density at radius 1 is 1.13 bits per heavy atom. The monoisotopic (exact) mass is 306 g/mol. The van der Waals surface area contributed by atoms with E-state index in [1.165, 1.54) is 23.2 Å². The fraction of sp³-hybridized carbons (Fsp3) is 0.0588. The van der Waals surface area contributed by atoms with Gasteiger partial charge in [-0.25, -0.2) is 4.98 Å². The summed E-state index contributed by atoms with van der Waals surface area (Å²) in [5.41, 5.74) is 1.75. The summed E-state index contributed by atoms with van der Waals surface area (Å²) in [6, 6.07) is 14.3. The lowest BCUT2D eigenvalue weighted by atomic mass is 10.1. The molecule has 0 radical (unpaired) electrons. The number of nitrogens with one attached hydrogen (secondary N) is 1. The van der Waals surface area contributed by atoms with Gasteiger partial charge in [-0.15, -0.1) is 0 Å². The van der Waals surface area contributed by atoms with Gasteiger partial charge in [-0.3, -0.25) is 19.1 Å². The molecule has 0 unspecified atom stereocenters. The Hall–Kier alpha value is -3.28. The van der Waals surface area contributed by atoms with Crippen molar-refractivity contribution in [1.29, 1.82) is 0 Å². The van der Waals surface area contributed by atoms with Gasteiger partial charge in [-0.1, -0.05) is 30.3 Å². The van der Waals surface area contributed by atoms with Crippen LogP contribution < -0.4 is 10.9 Å². The fourth-order valence-corrected chi connectivity index (χ4v) is 2.10. The van der Waals surface area contributed by atoms with Gasteiger partial charge >= 0.3 is 0 Å². The Morgan fingerprint density at radius 2 is 1.96 bits per heavy atom. The summed E-state index contributed by atoms with van der Waals surface area (Å²) in [4.78, 5) is 32.2. The highest BCUT2D eigenvalue weighted by atomic mass is 16.2. The van der Waals surface area contributed by atoms with Gasteiger partial charge in [0, 0.05) is 17.8 Å². The maximum Gasteiger partial charge on any atom is 0.254 e. The quantitative estimate of drug-likeness (QED) is 0.799. The number of hydrogen-bond acceptors (Lipinski definition) is 4.